The molecule has 3 N–H and O–H groups in total. The molecule has 2 amide bonds. The normalized spacial score (nSPS) is 11.9. The van der Waals surface area contributed by atoms with Gasteiger partial charge in [-0.3, -0.25) is 4.79 Å². The lowest BCUT2D eigenvalue weighted by molar-refractivity contribution is -0.137. The molecule has 0 aliphatic rings. The molecule has 0 saturated carbocycles. The largest absolute Gasteiger partial charge is 0.481 e. The number of carbonyl (C=O) groups excluding carboxylic acids is 1. The highest BCUT2D eigenvalue weighted by Crippen LogP contribution is 1.97. The first-order chi connectivity index (χ1) is 8.47. The van der Waals surface area contributed by atoms with Gasteiger partial charge >= 0.3 is 12.0 Å². The van der Waals surface area contributed by atoms with Crippen LogP contribution in [0.2, 0.25) is 0 Å². The number of amides is 2. The summed E-state index contributed by atoms with van der Waals surface area (Å²) in [6, 6.07) is -0.608. The molecule has 0 aliphatic heterocycles. The van der Waals surface area contributed by atoms with Gasteiger partial charge in [0, 0.05) is 19.4 Å². The molecule has 0 saturated heterocycles. The quantitative estimate of drug-likeness (QED) is 0.679. The summed E-state index contributed by atoms with van der Waals surface area (Å²) in [5.74, 6) is -0.0609. The molecule has 0 spiro atoms. The molecular formula is C10H16N4O4. The van der Waals surface area contributed by atoms with Crippen molar-refractivity contribution >= 4 is 12.0 Å². The van der Waals surface area contributed by atoms with Crippen molar-refractivity contribution < 1.29 is 19.2 Å². The minimum atomic E-state index is -0.883. The summed E-state index contributed by atoms with van der Waals surface area (Å²) < 4.78 is 4.74. The van der Waals surface area contributed by atoms with E-state index in [1.807, 2.05) is 0 Å². The van der Waals surface area contributed by atoms with Gasteiger partial charge in [0.15, 0.2) is 5.82 Å². The highest BCUT2D eigenvalue weighted by Gasteiger charge is 2.10. The van der Waals surface area contributed by atoms with E-state index in [0.717, 1.165) is 0 Å². The van der Waals surface area contributed by atoms with Crippen molar-refractivity contribution in [2.24, 2.45) is 0 Å². The fourth-order valence-corrected chi connectivity index (χ4v) is 1.26. The average Bonchev–Trinajstić information content (AvgIpc) is 2.70. The lowest BCUT2D eigenvalue weighted by Crippen LogP contribution is -2.40. The SMILES string of the molecule is Cc1nc(CNC(=O)NC(C)CCC(=O)O)no1. The van der Waals surface area contributed by atoms with Gasteiger partial charge in [-0.2, -0.15) is 4.98 Å². The fourth-order valence-electron chi connectivity index (χ4n) is 1.26. The molecule has 1 aromatic heterocycles. The number of aryl methyl sites for hydroxylation is 1. The summed E-state index contributed by atoms with van der Waals surface area (Å²) in [5.41, 5.74) is 0. The molecule has 1 aromatic rings. The van der Waals surface area contributed by atoms with Crippen molar-refractivity contribution in [2.45, 2.75) is 39.3 Å². The van der Waals surface area contributed by atoms with Crippen molar-refractivity contribution in [3.05, 3.63) is 11.7 Å². The third-order valence-electron chi connectivity index (χ3n) is 2.15. The van der Waals surface area contributed by atoms with Crippen molar-refractivity contribution in [3.8, 4) is 0 Å². The van der Waals surface area contributed by atoms with Crippen LogP contribution < -0.4 is 10.6 Å². The van der Waals surface area contributed by atoms with Gasteiger partial charge in [-0.05, 0) is 13.3 Å². The molecular weight excluding hydrogens is 240 g/mol. The second kappa shape index (κ2) is 6.58. The van der Waals surface area contributed by atoms with E-state index in [1.54, 1.807) is 13.8 Å². The number of aliphatic carboxylic acids is 1. The maximum Gasteiger partial charge on any atom is 0.315 e. The first kappa shape index (κ1) is 13.9. The Morgan fingerprint density at radius 2 is 2.22 bits per heavy atom. The van der Waals surface area contributed by atoms with Crippen molar-refractivity contribution in [2.75, 3.05) is 0 Å². The van der Waals surface area contributed by atoms with E-state index in [9.17, 15) is 9.59 Å². The zero-order valence-electron chi connectivity index (χ0n) is 10.3. The number of urea groups is 1. The van der Waals surface area contributed by atoms with Gasteiger partial charge in [-0.25, -0.2) is 4.79 Å². The number of nitrogens with one attached hydrogen (secondary N) is 2. The molecule has 0 aliphatic carbocycles. The van der Waals surface area contributed by atoms with Crippen LogP contribution >= 0.6 is 0 Å². The van der Waals surface area contributed by atoms with E-state index < -0.39 is 12.0 Å². The van der Waals surface area contributed by atoms with E-state index >= 15 is 0 Å². The predicted molar refractivity (Wildman–Crippen MR) is 60.7 cm³/mol. The Bertz CT molecular complexity index is 418. The van der Waals surface area contributed by atoms with Crippen LogP contribution in [0.25, 0.3) is 0 Å². The van der Waals surface area contributed by atoms with Crippen LogP contribution in [0.4, 0.5) is 4.79 Å². The highest BCUT2D eigenvalue weighted by atomic mass is 16.5. The van der Waals surface area contributed by atoms with Crippen LogP contribution in [0.5, 0.6) is 0 Å². The smallest absolute Gasteiger partial charge is 0.315 e. The van der Waals surface area contributed by atoms with Gasteiger partial charge in [0.1, 0.15) is 0 Å². The first-order valence-electron chi connectivity index (χ1n) is 5.52. The Kier molecular flexibility index (Phi) is 5.09. The zero-order chi connectivity index (χ0) is 13.5. The van der Waals surface area contributed by atoms with E-state index in [4.69, 9.17) is 9.63 Å². The maximum absolute atomic E-state index is 11.4. The monoisotopic (exact) mass is 256 g/mol. The lowest BCUT2D eigenvalue weighted by Gasteiger charge is -2.12. The number of carboxylic acid groups (broad SMARTS) is 1. The Morgan fingerprint density at radius 1 is 1.50 bits per heavy atom. The molecule has 100 valence electrons. The van der Waals surface area contributed by atoms with Gasteiger partial charge in [-0.1, -0.05) is 5.16 Å². The minimum absolute atomic E-state index is 0.0193. The number of hydrogen-bond acceptors (Lipinski definition) is 5. The average molecular weight is 256 g/mol. The van der Waals surface area contributed by atoms with Crippen molar-refractivity contribution in [1.29, 1.82) is 0 Å². The Hall–Kier alpha value is -2.12. The Morgan fingerprint density at radius 3 is 2.78 bits per heavy atom. The summed E-state index contributed by atoms with van der Waals surface area (Å²) in [6.07, 6.45) is 0.398. The van der Waals surface area contributed by atoms with Gasteiger partial charge in [0.05, 0.1) is 6.54 Å². The standard InChI is InChI=1S/C10H16N4O4/c1-6(3-4-9(15)16)12-10(17)11-5-8-13-7(2)18-14-8/h6H,3-5H2,1-2H3,(H,15,16)(H2,11,12,17). The summed E-state index contributed by atoms with van der Waals surface area (Å²) in [4.78, 5) is 25.7. The third-order valence-corrected chi connectivity index (χ3v) is 2.15. The number of aromatic nitrogens is 2. The third kappa shape index (κ3) is 5.28. The molecule has 0 fully saturated rings. The molecule has 8 heteroatoms. The molecule has 1 unspecified atom stereocenters. The molecule has 0 radical (unpaired) electrons. The molecule has 0 bridgehead atoms. The van der Waals surface area contributed by atoms with Crippen LogP contribution in [0.1, 0.15) is 31.5 Å². The van der Waals surface area contributed by atoms with E-state index in [-0.39, 0.29) is 19.0 Å². The van der Waals surface area contributed by atoms with E-state index in [1.165, 1.54) is 0 Å². The van der Waals surface area contributed by atoms with E-state index in [2.05, 4.69) is 20.8 Å². The molecule has 1 heterocycles. The summed E-state index contributed by atoms with van der Waals surface area (Å²) in [5, 5.41) is 17.3. The molecule has 1 rings (SSSR count). The van der Waals surface area contributed by atoms with E-state index in [0.29, 0.717) is 18.1 Å². The number of carbonyl (C=O) groups is 2. The van der Waals surface area contributed by atoms with Crippen LogP contribution in [0.3, 0.4) is 0 Å². The predicted octanol–water partition coefficient (Wildman–Crippen LogP) is 0.431. The van der Waals surface area contributed by atoms with Gasteiger partial charge < -0.3 is 20.3 Å². The summed E-state index contributed by atoms with van der Waals surface area (Å²) in [6.45, 7) is 3.56. The van der Waals surface area contributed by atoms with Crippen LogP contribution in [0, 0.1) is 6.92 Å². The van der Waals surface area contributed by atoms with Gasteiger partial charge in [-0.15, -0.1) is 0 Å². The lowest BCUT2D eigenvalue weighted by atomic mass is 10.2. The van der Waals surface area contributed by atoms with Crippen LogP contribution in [-0.4, -0.2) is 33.3 Å². The second-order valence-electron chi connectivity index (χ2n) is 3.89. The van der Waals surface area contributed by atoms with Crippen molar-refractivity contribution in [1.82, 2.24) is 20.8 Å². The number of carboxylic acids is 1. The maximum atomic E-state index is 11.4. The summed E-state index contributed by atoms with van der Waals surface area (Å²) in [7, 11) is 0. The van der Waals surface area contributed by atoms with Gasteiger partial charge in [0.2, 0.25) is 5.89 Å². The van der Waals surface area contributed by atoms with Crippen LogP contribution in [-0.2, 0) is 11.3 Å². The van der Waals surface area contributed by atoms with Crippen molar-refractivity contribution in [3.63, 3.8) is 0 Å². The minimum Gasteiger partial charge on any atom is -0.481 e. The molecule has 18 heavy (non-hydrogen) atoms. The van der Waals surface area contributed by atoms with Crippen LogP contribution in [0.15, 0.2) is 4.52 Å². The molecule has 8 nitrogen and oxygen atoms in total. The summed E-state index contributed by atoms with van der Waals surface area (Å²) >= 11 is 0. The zero-order valence-corrected chi connectivity index (χ0v) is 10.3. The fraction of sp³-hybridized carbons (Fsp3) is 0.600. The number of hydrogen-bond donors (Lipinski definition) is 3. The number of nitrogens with zero attached hydrogens (tertiary/aromatic N) is 2. The molecule has 1 atom stereocenters. The Balaban J connectivity index is 2.22. The topological polar surface area (TPSA) is 117 Å². The molecule has 0 aromatic carbocycles. The van der Waals surface area contributed by atoms with Gasteiger partial charge in [0.25, 0.3) is 0 Å². The number of rotatable bonds is 6. The Labute approximate surface area is 104 Å². The second-order valence-corrected chi connectivity index (χ2v) is 3.89. The first-order valence-corrected chi connectivity index (χ1v) is 5.52. The highest BCUT2D eigenvalue weighted by molar-refractivity contribution is 5.74.